The number of fused-ring (bicyclic) bond motifs is 1. The molecule has 2 aromatic rings. The third-order valence-electron chi connectivity index (χ3n) is 5.30. The molecule has 1 atom stereocenters. The lowest BCUT2D eigenvalue weighted by molar-refractivity contribution is 0.134. The Balaban J connectivity index is 1.48. The Kier molecular flexibility index (Phi) is 6.04. The fourth-order valence-corrected chi connectivity index (χ4v) is 4.66. The van der Waals surface area contributed by atoms with E-state index in [1.165, 1.54) is 0 Å². The molecule has 1 unspecified atom stereocenters. The van der Waals surface area contributed by atoms with Crippen LogP contribution in [0.1, 0.15) is 26.0 Å². The molecule has 4 rings (SSSR count). The molecule has 0 aromatic carbocycles. The number of H-pyrrole nitrogens is 1. The molecule has 2 aliphatic rings. The van der Waals surface area contributed by atoms with E-state index in [2.05, 4.69) is 20.2 Å². The molecule has 31 heavy (non-hydrogen) atoms. The minimum Gasteiger partial charge on any atom is -0.475 e. The summed E-state index contributed by atoms with van der Waals surface area (Å²) in [5.41, 5.74) is 2.54. The number of nitrogens with zero attached hydrogens (tertiary/aromatic N) is 5. The van der Waals surface area contributed by atoms with Gasteiger partial charge in [-0.05, 0) is 25.5 Å². The number of allylic oxidation sites excluding steroid dienone is 1. The zero-order valence-corrected chi connectivity index (χ0v) is 18.0. The summed E-state index contributed by atoms with van der Waals surface area (Å²) in [5, 5.41) is 8.31. The first-order valence-corrected chi connectivity index (χ1v) is 11.5. The highest BCUT2D eigenvalue weighted by molar-refractivity contribution is 7.89. The summed E-state index contributed by atoms with van der Waals surface area (Å²) in [7, 11) is -4.55. The monoisotopic (exact) mass is 454 g/mol. The Hall–Kier alpha value is -2.44. The van der Waals surface area contributed by atoms with Crippen LogP contribution >= 0.6 is 0 Å². The summed E-state index contributed by atoms with van der Waals surface area (Å²) >= 11 is 0. The Morgan fingerprint density at radius 1 is 1.23 bits per heavy atom. The lowest BCUT2D eigenvalue weighted by Crippen LogP contribution is -2.52. The van der Waals surface area contributed by atoms with E-state index in [9.17, 15) is 17.2 Å². The number of rotatable bonds is 6. The van der Waals surface area contributed by atoms with Crippen molar-refractivity contribution < 1.29 is 21.9 Å². The van der Waals surface area contributed by atoms with E-state index in [0.29, 0.717) is 25.4 Å². The quantitative estimate of drug-likeness (QED) is 0.717. The number of hydrogen-bond acceptors (Lipinski definition) is 7. The van der Waals surface area contributed by atoms with Gasteiger partial charge in [0.25, 0.3) is 10.0 Å². The number of sulfonamides is 1. The highest BCUT2D eigenvalue weighted by Crippen LogP contribution is 2.31. The summed E-state index contributed by atoms with van der Waals surface area (Å²) in [5.74, 6) is -2.88. The number of alkyl halides is 2. The van der Waals surface area contributed by atoms with E-state index in [-0.39, 0.29) is 25.4 Å². The number of aromatic amines is 1. The number of pyridine rings is 1. The maximum absolute atomic E-state index is 12.8. The van der Waals surface area contributed by atoms with Crippen LogP contribution in [0.5, 0.6) is 5.88 Å². The van der Waals surface area contributed by atoms with Crippen molar-refractivity contribution in [3.05, 3.63) is 24.0 Å². The summed E-state index contributed by atoms with van der Waals surface area (Å²) in [6, 6.07) is 1.85. The van der Waals surface area contributed by atoms with Gasteiger partial charge in [0.1, 0.15) is 6.17 Å². The van der Waals surface area contributed by atoms with Gasteiger partial charge in [-0.15, -0.1) is 0 Å². The summed E-state index contributed by atoms with van der Waals surface area (Å²) in [6.45, 7) is 4.56. The van der Waals surface area contributed by atoms with Crippen LogP contribution in [0.4, 0.5) is 8.78 Å². The molecular formula is C19H24F2N6O3S. The van der Waals surface area contributed by atoms with E-state index in [0.717, 1.165) is 26.5 Å². The van der Waals surface area contributed by atoms with Crippen LogP contribution in [0.15, 0.2) is 23.3 Å². The molecule has 168 valence electrons. The number of aromatic nitrogens is 3. The maximum atomic E-state index is 12.8. The number of dihydropyridines is 1. The van der Waals surface area contributed by atoms with Crippen molar-refractivity contribution in [1.29, 1.82) is 0 Å². The standard InChI is InChI=1S/C19H24F2N6O3S/c1-12(2)30-17-10-14-15(11-23-17)24-25-18(14)13-3-4-22-16(9-13)26-5-7-27(8-6-26)31(28,29)19(20)21/h3-4,10-12,16,19H,5-9H2,1-2H3,(H,24,25). The summed E-state index contributed by atoms with van der Waals surface area (Å²) in [6.07, 6.45) is 5.64. The van der Waals surface area contributed by atoms with Crippen LogP contribution in [-0.2, 0) is 10.0 Å². The van der Waals surface area contributed by atoms with Gasteiger partial charge in [0, 0.05) is 50.3 Å². The van der Waals surface area contributed by atoms with Gasteiger partial charge < -0.3 is 4.74 Å². The first kappa shape index (κ1) is 21.8. The first-order valence-electron chi connectivity index (χ1n) is 10.0. The molecule has 0 spiro atoms. The van der Waals surface area contributed by atoms with Crippen LogP contribution in [0.25, 0.3) is 16.5 Å². The van der Waals surface area contributed by atoms with Crippen molar-refractivity contribution in [3.8, 4) is 5.88 Å². The number of halogens is 2. The van der Waals surface area contributed by atoms with Gasteiger partial charge >= 0.3 is 5.76 Å². The van der Waals surface area contributed by atoms with Crippen molar-refractivity contribution >= 4 is 32.7 Å². The number of nitrogens with one attached hydrogen (secondary N) is 1. The molecule has 2 aromatic heterocycles. The fourth-order valence-electron chi connectivity index (χ4n) is 3.77. The average Bonchev–Trinajstić information content (AvgIpc) is 3.16. The van der Waals surface area contributed by atoms with E-state index in [4.69, 9.17) is 4.74 Å². The predicted octanol–water partition coefficient (Wildman–Crippen LogP) is 2.10. The molecule has 4 heterocycles. The maximum Gasteiger partial charge on any atom is 0.350 e. The Morgan fingerprint density at radius 3 is 2.65 bits per heavy atom. The number of aliphatic imine (C=N–C) groups is 1. The second kappa shape index (κ2) is 8.60. The molecule has 2 aliphatic heterocycles. The topological polar surface area (TPSA) is 104 Å². The molecule has 0 saturated carbocycles. The SMILES string of the molecule is CC(C)Oc1cc2c(C3=CC=NC(N4CCN(S(=O)(=O)C(F)F)CC4)C3)n[nH]c2cn1. The van der Waals surface area contributed by atoms with E-state index >= 15 is 0 Å². The molecule has 1 saturated heterocycles. The van der Waals surface area contributed by atoms with E-state index in [1.807, 2.05) is 30.9 Å². The lowest BCUT2D eigenvalue weighted by atomic mass is 10.0. The van der Waals surface area contributed by atoms with Crippen molar-refractivity contribution in [2.45, 2.75) is 38.3 Å². The molecule has 9 nitrogen and oxygen atoms in total. The molecule has 1 fully saturated rings. The van der Waals surface area contributed by atoms with Gasteiger partial charge in [-0.25, -0.2) is 13.4 Å². The largest absolute Gasteiger partial charge is 0.475 e. The van der Waals surface area contributed by atoms with Gasteiger partial charge in [0.15, 0.2) is 0 Å². The van der Waals surface area contributed by atoms with Gasteiger partial charge in [0.05, 0.1) is 23.5 Å². The molecular weight excluding hydrogens is 430 g/mol. The van der Waals surface area contributed by atoms with Gasteiger partial charge in [-0.2, -0.15) is 18.2 Å². The fraction of sp³-hybridized carbons (Fsp3) is 0.526. The normalized spacial score (nSPS) is 21.2. The minimum atomic E-state index is -4.55. The minimum absolute atomic E-state index is 0.00161. The molecule has 0 amide bonds. The highest BCUT2D eigenvalue weighted by Gasteiger charge is 2.36. The van der Waals surface area contributed by atoms with Crippen LogP contribution in [-0.4, -0.2) is 83.2 Å². The van der Waals surface area contributed by atoms with Crippen LogP contribution in [0.3, 0.4) is 0 Å². The average molecular weight is 455 g/mol. The Bertz CT molecular complexity index is 1110. The van der Waals surface area contributed by atoms with Crippen LogP contribution in [0.2, 0.25) is 0 Å². The van der Waals surface area contributed by atoms with E-state index < -0.39 is 15.8 Å². The third kappa shape index (κ3) is 4.46. The number of ether oxygens (including phenoxy) is 1. The zero-order valence-electron chi connectivity index (χ0n) is 17.2. The van der Waals surface area contributed by atoms with Gasteiger partial charge in [0.2, 0.25) is 5.88 Å². The Labute approximate surface area is 178 Å². The lowest BCUT2D eigenvalue weighted by Gasteiger charge is -2.37. The predicted molar refractivity (Wildman–Crippen MR) is 113 cm³/mol. The summed E-state index contributed by atoms with van der Waals surface area (Å²) in [4.78, 5) is 10.8. The van der Waals surface area contributed by atoms with Crippen molar-refractivity contribution in [3.63, 3.8) is 0 Å². The molecule has 0 aliphatic carbocycles. The van der Waals surface area contributed by atoms with Crippen molar-refractivity contribution in [2.24, 2.45) is 4.99 Å². The second-order valence-corrected chi connectivity index (χ2v) is 9.63. The first-order chi connectivity index (χ1) is 14.8. The Morgan fingerprint density at radius 2 is 1.97 bits per heavy atom. The van der Waals surface area contributed by atoms with Gasteiger partial charge in [-0.1, -0.05) is 0 Å². The summed E-state index contributed by atoms with van der Waals surface area (Å²) < 4.78 is 55.5. The van der Waals surface area contributed by atoms with Crippen molar-refractivity contribution in [2.75, 3.05) is 26.2 Å². The zero-order chi connectivity index (χ0) is 22.2. The molecule has 0 radical (unpaired) electrons. The molecule has 12 heteroatoms. The highest BCUT2D eigenvalue weighted by atomic mass is 32.2. The van der Waals surface area contributed by atoms with Crippen LogP contribution in [0, 0.1) is 0 Å². The van der Waals surface area contributed by atoms with E-state index in [1.54, 1.807) is 12.4 Å². The molecule has 0 bridgehead atoms. The second-order valence-electron chi connectivity index (χ2n) is 7.72. The number of hydrogen-bond donors (Lipinski definition) is 1. The molecule has 1 N–H and O–H groups in total. The number of piperazine rings is 1. The third-order valence-corrected chi connectivity index (χ3v) is 6.83. The van der Waals surface area contributed by atoms with Gasteiger partial charge in [-0.3, -0.25) is 15.0 Å². The van der Waals surface area contributed by atoms with Crippen LogP contribution < -0.4 is 4.74 Å². The smallest absolute Gasteiger partial charge is 0.350 e. The van der Waals surface area contributed by atoms with Crippen molar-refractivity contribution in [1.82, 2.24) is 24.4 Å².